The van der Waals surface area contributed by atoms with Gasteiger partial charge in [0.25, 0.3) is 0 Å². The summed E-state index contributed by atoms with van der Waals surface area (Å²) in [5, 5.41) is 20.9. The molecule has 0 saturated carbocycles. The zero-order valence-electron chi connectivity index (χ0n) is 9.68. The van der Waals surface area contributed by atoms with E-state index in [1.807, 2.05) is 25.1 Å². The first-order valence-electron chi connectivity index (χ1n) is 5.55. The Labute approximate surface area is 99.1 Å². The average molecular weight is 236 g/mol. The van der Waals surface area contributed by atoms with Gasteiger partial charge in [0.1, 0.15) is 5.52 Å². The van der Waals surface area contributed by atoms with E-state index in [-0.39, 0.29) is 6.61 Å². The summed E-state index contributed by atoms with van der Waals surface area (Å²) in [5.41, 5.74) is 2.67. The minimum absolute atomic E-state index is 0.229. The highest BCUT2D eigenvalue weighted by atomic mass is 16.3. The number of rotatable bonds is 5. The van der Waals surface area contributed by atoms with Crippen LogP contribution in [0.2, 0.25) is 0 Å². The molecular formula is C12H16N2O3. The maximum absolute atomic E-state index is 9.17. The Hall–Kier alpha value is -1.43. The van der Waals surface area contributed by atoms with Gasteiger partial charge in [-0.15, -0.1) is 0 Å². The molecule has 92 valence electrons. The zero-order valence-corrected chi connectivity index (χ0v) is 9.68. The van der Waals surface area contributed by atoms with Gasteiger partial charge in [0.2, 0.25) is 0 Å². The molecule has 0 aliphatic heterocycles. The standard InChI is InChI=1S/C12H16N2O3/c1-8-14-11-3-2-9(4-12(11)17-8)5-13-6-10(16)7-15/h2-4,10,13,15-16H,5-7H2,1H3. The molecule has 0 amide bonds. The molecular weight excluding hydrogens is 220 g/mol. The topological polar surface area (TPSA) is 78.5 Å². The second kappa shape index (κ2) is 5.27. The molecule has 2 rings (SSSR count). The lowest BCUT2D eigenvalue weighted by Gasteiger charge is -2.08. The van der Waals surface area contributed by atoms with E-state index in [0.717, 1.165) is 16.7 Å². The fourth-order valence-corrected chi connectivity index (χ4v) is 1.64. The third-order valence-corrected chi connectivity index (χ3v) is 2.48. The summed E-state index contributed by atoms with van der Waals surface area (Å²) < 4.78 is 5.43. The van der Waals surface area contributed by atoms with Gasteiger partial charge in [0, 0.05) is 20.0 Å². The lowest BCUT2D eigenvalue weighted by atomic mass is 10.2. The zero-order chi connectivity index (χ0) is 12.3. The molecule has 0 fully saturated rings. The predicted molar refractivity (Wildman–Crippen MR) is 63.5 cm³/mol. The molecule has 3 N–H and O–H groups in total. The Balaban J connectivity index is 1.99. The maximum Gasteiger partial charge on any atom is 0.192 e. The molecule has 0 saturated heterocycles. The Morgan fingerprint density at radius 1 is 1.47 bits per heavy atom. The van der Waals surface area contributed by atoms with Crippen LogP contribution in [0.1, 0.15) is 11.5 Å². The Bertz CT molecular complexity index is 495. The number of aliphatic hydroxyl groups excluding tert-OH is 2. The van der Waals surface area contributed by atoms with Gasteiger partial charge in [-0.2, -0.15) is 0 Å². The van der Waals surface area contributed by atoms with Crippen LogP contribution in [0.25, 0.3) is 11.1 Å². The molecule has 0 aliphatic carbocycles. The highest BCUT2D eigenvalue weighted by molar-refractivity contribution is 5.73. The Kier molecular flexibility index (Phi) is 3.73. The van der Waals surface area contributed by atoms with Crippen LogP contribution < -0.4 is 5.32 Å². The van der Waals surface area contributed by atoms with Crippen molar-refractivity contribution in [2.45, 2.75) is 19.6 Å². The van der Waals surface area contributed by atoms with E-state index in [9.17, 15) is 5.11 Å². The second-order valence-corrected chi connectivity index (χ2v) is 4.00. The average Bonchev–Trinajstić information content (AvgIpc) is 2.68. The normalized spacial score (nSPS) is 13.1. The van der Waals surface area contributed by atoms with E-state index in [1.54, 1.807) is 0 Å². The summed E-state index contributed by atoms with van der Waals surface area (Å²) in [4.78, 5) is 4.22. The van der Waals surface area contributed by atoms with Gasteiger partial charge in [-0.25, -0.2) is 4.98 Å². The summed E-state index contributed by atoms with van der Waals surface area (Å²) in [5.74, 6) is 0.654. The number of aromatic nitrogens is 1. The fourth-order valence-electron chi connectivity index (χ4n) is 1.64. The predicted octanol–water partition coefficient (Wildman–Crippen LogP) is 0.579. The molecule has 17 heavy (non-hydrogen) atoms. The third-order valence-electron chi connectivity index (χ3n) is 2.48. The maximum atomic E-state index is 9.17. The van der Waals surface area contributed by atoms with Gasteiger partial charge in [0.05, 0.1) is 12.7 Å². The van der Waals surface area contributed by atoms with Crippen molar-refractivity contribution < 1.29 is 14.6 Å². The summed E-state index contributed by atoms with van der Waals surface area (Å²) in [7, 11) is 0. The lowest BCUT2D eigenvalue weighted by Crippen LogP contribution is -2.28. The molecule has 1 heterocycles. The van der Waals surface area contributed by atoms with E-state index in [2.05, 4.69) is 10.3 Å². The van der Waals surface area contributed by atoms with Crippen LogP contribution in [0.15, 0.2) is 22.6 Å². The van der Waals surface area contributed by atoms with E-state index < -0.39 is 6.10 Å². The number of nitrogens with zero attached hydrogens (tertiary/aromatic N) is 1. The molecule has 1 unspecified atom stereocenters. The molecule has 5 nitrogen and oxygen atoms in total. The summed E-state index contributed by atoms with van der Waals surface area (Å²) in [6.07, 6.45) is -0.716. The van der Waals surface area contributed by atoms with Gasteiger partial charge in [-0.05, 0) is 17.7 Å². The number of hydrogen-bond acceptors (Lipinski definition) is 5. The van der Waals surface area contributed by atoms with Gasteiger partial charge >= 0.3 is 0 Å². The van der Waals surface area contributed by atoms with Gasteiger partial charge in [0.15, 0.2) is 11.5 Å². The highest BCUT2D eigenvalue weighted by Crippen LogP contribution is 2.16. The van der Waals surface area contributed by atoms with Crippen molar-refractivity contribution in [1.29, 1.82) is 0 Å². The van der Waals surface area contributed by atoms with Crippen molar-refractivity contribution in [2.75, 3.05) is 13.2 Å². The Morgan fingerprint density at radius 2 is 2.29 bits per heavy atom. The molecule has 0 bridgehead atoms. The second-order valence-electron chi connectivity index (χ2n) is 4.00. The minimum Gasteiger partial charge on any atom is -0.441 e. The van der Waals surface area contributed by atoms with Crippen molar-refractivity contribution in [2.24, 2.45) is 0 Å². The van der Waals surface area contributed by atoms with Gasteiger partial charge in [-0.3, -0.25) is 0 Å². The van der Waals surface area contributed by atoms with Crippen molar-refractivity contribution in [3.8, 4) is 0 Å². The summed E-state index contributed by atoms with van der Waals surface area (Å²) in [6, 6.07) is 5.79. The van der Waals surface area contributed by atoms with Crippen LogP contribution >= 0.6 is 0 Å². The third kappa shape index (κ3) is 3.03. The minimum atomic E-state index is -0.716. The van der Waals surface area contributed by atoms with Crippen LogP contribution in [-0.2, 0) is 6.54 Å². The van der Waals surface area contributed by atoms with E-state index in [0.29, 0.717) is 19.0 Å². The largest absolute Gasteiger partial charge is 0.441 e. The molecule has 1 aromatic heterocycles. The molecule has 2 aromatic rings. The van der Waals surface area contributed by atoms with Crippen molar-refractivity contribution in [3.05, 3.63) is 29.7 Å². The quantitative estimate of drug-likeness (QED) is 0.707. The highest BCUT2D eigenvalue weighted by Gasteiger charge is 2.04. The van der Waals surface area contributed by atoms with Crippen molar-refractivity contribution >= 4 is 11.1 Å². The van der Waals surface area contributed by atoms with E-state index in [1.165, 1.54) is 0 Å². The summed E-state index contributed by atoms with van der Waals surface area (Å²) >= 11 is 0. The number of benzene rings is 1. The van der Waals surface area contributed by atoms with Crippen molar-refractivity contribution in [3.63, 3.8) is 0 Å². The van der Waals surface area contributed by atoms with Crippen LogP contribution in [0.3, 0.4) is 0 Å². The monoisotopic (exact) mass is 236 g/mol. The first-order valence-corrected chi connectivity index (χ1v) is 5.55. The number of oxazole rings is 1. The SMILES string of the molecule is Cc1nc2ccc(CNCC(O)CO)cc2o1. The van der Waals surface area contributed by atoms with E-state index in [4.69, 9.17) is 9.52 Å². The smallest absolute Gasteiger partial charge is 0.192 e. The first-order chi connectivity index (χ1) is 8.19. The number of fused-ring (bicyclic) bond motifs is 1. The first kappa shape index (κ1) is 12.0. The van der Waals surface area contributed by atoms with Crippen LogP contribution in [0.5, 0.6) is 0 Å². The molecule has 1 aromatic carbocycles. The molecule has 5 heteroatoms. The molecule has 0 radical (unpaired) electrons. The van der Waals surface area contributed by atoms with Crippen LogP contribution in [0.4, 0.5) is 0 Å². The fraction of sp³-hybridized carbons (Fsp3) is 0.417. The van der Waals surface area contributed by atoms with Crippen molar-refractivity contribution in [1.82, 2.24) is 10.3 Å². The van der Waals surface area contributed by atoms with Crippen LogP contribution in [-0.4, -0.2) is 34.5 Å². The number of hydrogen-bond donors (Lipinski definition) is 3. The van der Waals surface area contributed by atoms with Gasteiger partial charge < -0.3 is 19.9 Å². The Morgan fingerprint density at radius 3 is 3.06 bits per heavy atom. The lowest BCUT2D eigenvalue weighted by molar-refractivity contribution is 0.0942. The molecule has 1 atom stereocenters. The molecule has 0 aliphatic rings. The number of aliphatic hydroxyl groups is 2. The van der Waals surface area contributed by atoms with Gasteiger partial charge in [-0.1, -0.05) is 6.07 Å². The number of aryl methyl sites for hydroxylation is 1. The number of nitrogens with one attached hydrogen (secondary N) is 1. The van der Waals surface area contributed by atoms with E-state index >= 15 is 0 Å². The van der Waals surface area contributed by atoms with Crippen LogP contribution in [0, 0.1) is 6.92 Å². The summed E-state index contributed by atoms with van der Waals surface area (Å²) in [6.45, 7) is 2.57. The molecule has 0 spiro atoms.